The van der Waals surface area contributed by atoms with E-state index >= 15 is 0 Å². The number of nitrogens with one attached hydrogen (secondary N) is 2. The molecule has 0 fully saturated rings. The van der Waals surface area contributed by atoms with Gasteiger partial charge in [-0.05, 0) is 42.7 Å². The molecule has 0 radical (unpaired) electrons. The van der Waals surface area contributed by atoms with Gasteiger partial charge in [0.25, 0.3) is 0 Å². The molecule has 2 rings (SSSR count). The molecule has 0 saturated heterocycles. The Bertz CT molecular complexity index is 706. The average molecular weight is 330 g/mol. The molecule has 1 atom stereocenters. The van der Waals surface area contributed by atoms with Crippen molar-refractivity contribution >= 4 is 17.5 Å². The quantitative estimate of drug-likeness (QED) is 0.734. The number of benzene rings is 1. The Morgan fingerprint density at radius 2 is 1.96 bits per heavy atom. The van der Waals surface area contributed by atoms with E-state index in [1.54, 1.807) is 18.2 Å². The van der Waals surface area contributed by atoms with Crippen molar-refractivity contribution in [2.45, 2.75) is 32.3 Å². The smallest absolute Gasteiger partial charge is 0.313 e. The van der Waals surface area contributed by atoms with E-state index in [0.717, 1.165) is 5.56 Å². The monoisotopic (exact) mass is 330 g/mol. The lowest BCUT2D eigenvalue weighted by molar-refractivity contribution is -0.136. The maximum atomic E-state index is 12.0. The summed E-state index contributed by atoms with van der Waals surface area (Å²) in [5.74, 6) is -0.977. The predicted molar refractivity (Wildman–Crippen MR) is 90.4 cm³/mol. The Morgan fingerprint density at radius 3 is 2.58 bits per heavy atom. The Balaban J connectivity index is 1.93. The van der Waals surface area contributed by atoms with Crippen molar-refractivity contribution in [3.63, 3.8) is 0 Å². The summed E-state index contributed by atoms with van der Waals surface area (Å²) in [5, 5.41) is 15.2. The fourth-order valence-corrected chi connectivity index (χ4v) is 2.17. The van der Waals surface area contributed by atoms with Gasteiger partial charge in [-0.1, -0.05) is 26.0 Å². The van der Waals surface area contributed by atoms with Gasteiger partial charge in [0.1, 0.15) is 11.4 Å². The highest BCUT2D eigenvalue weighted by Gasteiger charge is 2.28. The predicted octanol–water partition coefficient (Wildman–Crippen LogP) is 2.37. The number of hydrogen-bond acceptors (Lipinski definition) is 4. The van der Waals surface area contributed by atoms with Crippen LogP contribution in [0.2, 0.25) is 0 Å². The minimum absolute atomic E-state index is 0.140. The van der Waals surface area contributed by atoms with E-state index in [4.69, 9.17) is 4.42 Å². The van der Waals surface area contributed by atoms with Crippen LogP contribution in [0, 0.1) is 0 Å². The third kappa shape index (κ3) is 4.45. The summed E-state index contributed by atoms with van der Waals surface area (Å²) in [4.78, 5) is 23.9. The molecule has 0 bridgehead atoms. The van der Waals surface area contributed by atoms with Crippen LogP contribution in [0.5, 0.6) is 0 Å². The van der Waals surface area contributed by atoms with Crippen LogP contribution in [0.25, 0.3) is 0 Å². The van der Waals surface area contributed by atoms with Gasteiger partial charge in [0.15, 0.2) is 0 Å². The van der Waals surface area contributed by atoms with Gasteiger partial charge < -0.3 is 20.2 Å². The zero-order chi connectivity index (χ0) is 17.7. The Labute approximate surface area is 140 Å². The molecule has 6 nitrogen and oxygen atoms in total. The molecule has 1 unspecified atom stereocenters. The van der Waals surface area contributed by atoms with Crippen LogP contribution in [0.1, 0.15) is 38.0 Å². The SMILES string of the molecule is CC(C)c1cccc(NC(=O)C(=O)NCC(C)(O)c2ccco2)c1. The largest absolute Gasteiger partial charge is 0.466 e. The zero-order valence-electron chi connectivity index (χ0n) is 14.0. The van der Waals surface area contributed by atoms with Crippen molar-refractivity contribution in [2.75, 3.05) is 11.9 Å². The van der Waals surface area contributed by atoms with Crippen LogP contribution in [-0.2, 0) is 15.2 Å². The molecule has 24 heavy (non-hydrogen) atoms. The molecule has 2 amide bonds. The highest BCUT2D eigenvalue weighted by atomic mass is 16.4. The standard InChI is InChI=1S/C18H22N2O4/c1-12(2)13-6-4-7-14(10-13)20-17(22)16(21)19-11-18(3,23)15-8-5-9-24-15/h4-10,12,23H,11H2,1-3H3,(H,19,21)(H,20,22). The number of carbonyl (C=O) groups excluding carboxylic acids is 2. The summed E-state index contributed by atoms with van der Waals surface area (Å²) in [6.07, 6.45) is 1.43. The lowest BCUT2D eigenvalue weighted by Crippen LogP contribution is -2.43. The number of furan rings is 1. The molecule has 0 aliphatic carbocycles. The van der Waals surface area contributed by atoms with Gasteiger partial charge in [0.2, 0.25) is 0 Å². The van der Waals surface area contributed by atoms with E-state index in [0.29, 0.717) is 17.4 Å². The number of hydrogen-bond donors (Lipinski definition) is 3. The van der Waals surface area contributed by atoms with Crippen molar-refractivity contribution in [1.82, 2.24) is 5.32 Å². The minimum atomic E-state index is -1.39. The van der Waals surface area contributed by atoms with E-state index in [-0.39, 0.29) is 6.54 Å². The summed E-state index contributed by atoms with van der Waals surface area (Å²) < 4.78 is 5.12. The molecule has 0 saturated carbocycles. The number of carbonyl (C=O) groups is 2. The summed E-state index contributed by atoms with van der Waals surface area (Å²) in [6.45, 7) is 5.45. The Hall–Kier alpha value is -2.60. The number of rotatable bonds is 5. The molecule has 1 aromatic heterocycles. The first-order valence-electron chi connectivity index (χ1n) is 7.75. The van der Waals surface area contributed by atoms with E-state index in [1.807, 2.05) is 32.0 Å². The first-order chi connectivity index (χ1) is 11.3. The second-order valence-electron chi connectivity index (χ2n) is 6.17. The van der Waals surface area contributed by atoms with Crippen LogP contribution < -0.4 is 10.6 Å². The third-order valence-corrected chi connectivity index (χ3v) is 3.66. The number of amides is 2. The first-order valence-corrected chi connectivity index (χ1v) is 7.75. The van der Waals surface area contributed by atoms with Gasteiger partial charge in [-0.25, -0.2) is 0 Å². The average Bonchev–Trinajstić information content (AvgIpc) is 3.08. The zero-order valence-corrected chi connectivity index (χ0v) is 14.0. The van der Waals surface area contributed by atoms with E-state index < -0.39 is 17.4 Å². The summed E-state index contributed by atoms with van der Waals surface area (Å²) in [5.41, 5.74) is 0.227. The highest BCUT2D eigenvalue weighted by Crippen LogP contribution is 2.20. The van der Waals surface area contributed by atoms with Gasteiger partial charge in [-0.15, -0.1) is 0 Å². The van der Waals surface area contributed by atoms with Gasteiger partial charge >= 0.3 is 11.8 Å². The summed E-state index contributed by atoms with van der Waals surface area (Å²) in [7, 11) is 0. The maximum absolute atomic E-state index is 12.0. The van der Waals surface area contributed by atoms with Crippen molar-refractivity contribution < 1.29 is 19.1 Å². The van der Waals surface area contributed by atoms with Crippen molar-refractivity contribution in [2.24, 2.45) is 0 Å². The maximum Gasteiger partial charge on any atom is 0.313 e. The van der Waals surface area contributed by atoms with Crippen LogP contribution >= 0.6 is 0 Å². The molecular weight excluding hydrogens is 308 g/mol. The van der Waals surface area contributed by atoms with Gasteiger partial charge in [-0.3, -0.25) is 9.59 Å². The second-order valence-corrected chi connectivity index (χ2v) is 6.17. The fourth-order valence-electron chi connectivity index (χ4n) is 2.17. The van der Waals surface area contributed by atoms with Crippen molar-refractivity contribution in [3.8, 4) is 0 Å². The molecular formula is C18H22N2O4. The van der Waals surface area contributed by atoms with Crippen LogP contribution in [-0.4, -0.2) is 23.5 Å². The lowest BCUT2D eigenvalue weighted by atomic mass is 10.0. The molecule has 2 aromatic rings. The molecule has 6 heteroatoms. The lowest BCUT2D eigenvalue weighted by Gasteiger charge is -2.20. The molecule has 0 aliphatic heterocycles. The number of aliphatic hydroxyl groups is 1. The summed E-state index contributed by atoms with van der Waals surface area (Å²) in [6, 6.07) is 10.6. The van der Waals surface area contributed by atoms with Crippen LogP contribution in [0.3, 0.4) is 0 Å². The molecule has 0 spiro atoms. The second kappa shape index (κ2) is 7.31. The first kappa shape index (κ1) is 17.7. The molecule has 3 N–H and O–H groups in total. The normalized spacial score (nSPS) is 13.4. The third-order valence-electron chi connectivity index (χ3n) is 3.66. The van der Waals surface area contributed by atoms with Gasteiger partial charge in [0.05, 0.1) is 12.8 Å². The minimum Gasteiger partial charge on any atom is -0.466 e. The van der Waals surface area contributed by atoms with E-state index in [9.17, 15) is 14.7 Å². The number of anilines is 1. The fraction of sp³-hybridized carbons (Fsp3) is 0.333. The molecule has 1 heterocycles. The van der Waals surface area contributed by atoms with Crippen molar-refractivity contribution in [3.05, 3.63) is 54.0 Å². The molecule has 0 aliphatic rings. The van der Waals surface area contributed by atoms with E-state index in [1.165, 1.54) is 13.2 Å². The van der Waals surface area contributed by atoms with Gasteiger partial charge in [0, 0.05) is 5.69 Å². The molecule has 128 valence electrons. The summed E-state index contributed by atoms with van der Waals surface area (Å²) >= 11 is 0. The Morgan fingerprint density at radius 1 is 1.21 bits per heavy atom. The van der Waals surface area contributed by atoms with Crippen molar-refractivity contribution in [1.29, 1.82) is 0 Å². The highest BCUT2D eigenvalue weighted by molar-refractivity contribution is 6.39. The van der Waals surface area contributed by atoms with Gasteiger partial charge in [-0.2, -0.15) is 0 Å². The van der Waals surface area contributed by atoms with Crippen LogP contribution in [0.4, 0.5) is 5.69 Å². The van der Waals surface area contributed by atoms with E-state index in [2.05, 4.69) is 10.6 Å². The molecule has 1 aromatic carbocycles. The van der Waals surface area contributed by atoms with Crippen LogP contribution in [0.15, 0.2) is 47.1 Å². The topological polar surface area (TPSA) is 91.6 Å². The Kier molecular flexibility index (Phi) is 5.41.